The summed E-state index contributed by atoms with van der Waals surface area (Å²) < 4.78 is 6.57. The molecule has 2 N–H and O–H groups in total. The van der Waals surface area contributed by atoms with Crippen LogP contribution in [-0.2, 0) is 53.8 Å². The van der Waals surface area contributed by atoms with Crippen molar-refractivity contribution in [3.63, 3.8) is 0 Å². The summed E-state index contributed by atoms with van der Waals surface area (Å²) in [6.45, 7) is 9.16. The Labute approximate surface area is 364 Å². The molecular weight excluding hydrogens is 817 g/mol. The number of hydrogen-bond donors (Lipinski definition) is 2. The molecule has 62 heavy (non-hydrogen) atoms. The zero-order valence-corrected chi connectivity index (χ0v) is 36.6. The molecule has 4 amide bonds. The van der Waals surface area contributed by atoms with Crippen LogP contribution < -0.4 is 20.8 Å². The van der Waals surface area contributed by atoms with E-state index < -0.39 is 52.5 Å². The molecule has 2 aromatic rings. The van der Waals surface area contributed by atoms with E-state index in [-0.39, 0.29) is 43.8 Å². The van der Waals surface area contributed by atoms with Crippen molar-refractivity contribution in [3.05, 3.63) is 94.4 Å². The van der Waals surface area contributed by atoms with E-state index in [1.165, 1.54) is 0 Å². The Hall–Kier alpha value is -5.62. The van der Waals surface area contributed by atoms with Crippen molar-refractivity contribution in [1.29, 1.82) is 0 Å². The summed E-state index contributed by atoms with van der Waals surface area (Å²) >= 11 is 0.558. The molecule has 4 aliphatic heterocycles. The number of allylic oxidation sites excluding steroid dienone is 5. The number of ketones is 1. The number of para-hydroxylation sites is 2. The molecule has 2 atom stereocenters. The Balaban J connectivity index is 1.12. The molecule has 7 rings (SSSR count). The average Bonchev–Trinajstić information content (AvgIpc) is 3.95. The molecule has 16 nitrogen and oxygen atoms in total. The minimum absolute atomic E-state index is 0.00870. The molecule has 0 aromatic heterocycles. The van der Waals surface area contributed by atoms with Crippen molar-refractivity contribution < 1.29 is 52.8 Å². The smallest absolute Gasteiger partial charge is 0.333 e. The minimum atomic E-state index is -1.15. The molecule has 0 saturated carbocycles. The lowest BCUT2D eigenvalue weighted by Crippen LogP contribution is -2.54. The van der Waals surface area contributed by atoms with Crippen LogP contribution >= 0.6 is 12.0 Å². The first-order valence-electron chi connectivity index (χ1n) is 20.8. The first-order valence-corrected chi connectivity index (χ1v) is 21.8. The minimum Gasteiger partial charge on any atom is -0.691 e. The number of fused-ring (bicyclic) bond motifs is 2. The highest BCUT2D eigenvalue weighted by molar-refractivity contribution is 7.94. The second kappa shape index (κ2) is 18.0. The first-order chi connectivity index (χ1) is 29.6. The van der Waals surface area contributed by atoms with Crippen molar-refractivity contribution >= 4 is 64.5 Å². The van der Waals surface area contributed by atoms with Crippen molar-refractivity contribution in [2.24, 2.45) is 0 Å². The van der Waals surface area contributed by atoms with Gasteiger partial charge in [-0.05, 0) is 57.2 Å². The standard InChI is InChI=1S/C45H52N6O10S/c1-44(2)29-14-7-9-16-32(29)48(5)35(44)24-27-40(28(41(27)55)25-36-45(3,4)30-15-8-10-17-33(30)49(36)6)50-23-13-18-34(50)43(57)47-31(26-62-61-60-58)42(56)46-22-12-11-19-39(54)59-51-37(52)20-21-38(51)53/h7-10,14-17,24-25,31,34H,11-13,18-23,26H2,1-6H3,(H2-,46,47,56,57,58)/t31-,34+/m0/s1. The van der Waals surface area contributed by atoms with E-state index in [1.54, 1.807) is 0 Å². The molecule has 4 heterocycles. The van der Waals surface area contributed by atoms with Crippen molar-refractivity contribution in [2.45, 2.75) is 95.6 Å². The van der Waals surface area contributed by atoms with Gasteiger partial charge in [-0.1, -0.05) is 50.2 Å². The van der Waals surface area contributed by atoms with E-state index in [9.17, 15) is 34.0 Å². The number of rotatable bonds is 16. The fourth-order valence-corrected chi connectivity index (χ4v) is 9.68. The zero-order valence-electron chi connectivity index (χ0n) is 35.8. The summed E-state index contributed by atoms with van der Waals surface area (Å²) in [4.78, 5) is 87.1. The molecule has 328 valence electrons. The van der Waals surface area contributed by atoms with Gasteiger partial charge < -0.3 is 30.5 Å². The number of nitrogens with one attached hydrogen (secondary N) is 2. The van der Waals surface area contributed by atoms with E-state index >= 15 is 0 Å². The predicted molar refractivity (Wildman–Crippen MR) is 227 cm³/mol. The molecule has 0 bridgehead atoms. The molecule has 1 aliphatic carbocycles. The highest BCUT2D eigenvalue weighted by atomic mass is 32.2. The lowest BCUT2D eigenvalue weighted by Gasteiger charge is -2.37. The fraction of sp³-hybridized carbons (Fsp3) is 0.444. The lowest BCUT2D eigenvalue weighted by molar-refractivity contribution is -0.777. The average molecular weight is 869 g/mol. The number of hydrogen-bond acceptors (Lipinski definition) is 13. The van der Waals surface area contributed by atoms with E-state index in [0.717, 1.165) is 33.9 Å². The van der Waals surface area contributed by atoms with Crippen LogP contribution in [0.2, 0.25) is 0 Å². The van der Waals surface area contributed by atoms with Gasteiger partial charge in [0.2, 0.25) is 17.5 Å². The maximum Gasteiger partial charge on any atom is 0.333 e. The number of unbranched alkanes of at least 4 members (excludes halogenated alkanes) is 1. The Morgan fingerprint density at radius 1 is 0.968 bits per heavy atom. The van der Waals surface area contributed by atoms with Gasteiger partial charge in [0.1, 0.15) is 19.1 Å². The summed E-state index contributed by atoms with van der Waals surface area (Å²) in [6.07, 6.45) is 5.54. The third-order valence-electron chi connectivity index (χ3n) is 12.5. The number of nitrogens with zero attached hydrogens (tertiary/aromatic N) is 4. The summed E-state index contributed by atoms with van der Waals surface area (Å²) in [7, 11) is 3.99. The second-order valence-electron chi connectivity index (χ2n) is 17.1. The molecule has 0 unspecified atom stereocenters. The first kappa shape index (κ1) is 44.4. The van der Waals surface area contributed by atoms with Crippen LogP contribution in [0.5, 0.6) is 0 Å². The SMILES string of the molecule is CN1/C(=C/C2=C(N3CCC[C@@H]3C(=O)N[C@@H](CSOO[O-])C(=O)NCCCCC(=O)ON3C(=O)CCC3=O)C(=C/C3=[N+](C)c4ccccc4C3(C)C)/C2=O)C(C)(C)c2ccccc21. The van der Waals surface area contributed by atoms with Crippen LogP contribution in [0.1, 0.15) is 83.8 Å². The third-order valence-corrected chi connectivity index (χ3v) is 13.2. The maximum atomic E-state index is 14.6. The molecule has 0 spiro atoms. The number of Topliss-reactive ketones (excluding diaryl/α,β-unsaturated/α-hetero) is 1. The van der Waals surface area contributed by atoms with Gasteiger partial charge in [0.25, 0.3) is 11.8 Å². The van der Waals surface area contributed by atoms with Gasteiger partial charge in [-0.2, -0.15) is 8.91 Å². The topological polar surface area (TPSA) is 190 Å². The number of benzene rings is 2. The van der Waals surface area contributed by atoms with Crippen LogP contribution in [0.3, 0.4) is 0 Å². The molecule has 2 saturated heterocycles. The number of carbonyl (C=O) groups is 6. The number of anilines is 1. The Morgan fingerprint density at radius 2 is 1.66 bits per heavy atom. The van der Waals surface area contributed by atoms with Gasteiger partial charge in [-0.3, -0.25) is 29.0 Å². The highest BCUT2D eigenvalue weighted by Crippen LogP contribution is 2.49. The summed E-state index contributed by atoms with van der Waals surface area (Å²) in [6, 6.07) is 14.4. The van der Waals surface area contributed by atoms with Crippen molar-refractivity contribution in [3.8, 4) is 0 Å². The van der Waals surface area contributed by atoms with Crippen molar-refractivity contribution in [2.75, 3.05) is 37.8 Å². The maximum absolute atomic E-state index is 14.6. The molecule has 17 heteroatoms. The monoisotopic (exact) mass is 868 g/mol. The van der Waals surface area contributed by atoms with Gasteiger partial charge in [0, 0.05) is 91.5 Å². The van der Waals surface area contributed by atoms with Gasteiger partial charge >= 0.3 is 5.97 Å². The molecular formula is C45H52N6O10S. The van der Waals surface area contributed by atoms with Gasteiger partial charge in [-0.15, -0.1) is 5.06 Å². The predicted octanol–water partition coefficient (Wildman–Crippen LogP) is 3.48. The molecule has 5 aliphatic rings. The van der Waals surface area contributed by atoms with E-state index in [4.69, 9.17) is 4.84 Å². The Morgan fingerprint density at radius 3 is 2.35 bits per heavy atom. The Bertz CT molecular complexity index is 2320. The van der Waals surface area contributed by atoms with Crippen LogP contribution in [0, 0.1) is 0 Å². The summed E-state index contributed by atoms with van der Waals surface area (Å²) in [5.74, 6) is -3.17. The van der Waals surface area contributed by atoms with Crippen LogP contribution in [0.25, 0.3) is 0 Å². The number of hydroxylamine groups is 2. The van der Waals surface area contributed by atoms with Crippen molar-refractivity contribution in [1.82, 2.24) is 20.6 Å². The molecule has 0 radical (unpaired) electrons. The van der Waals surface area contributed by atoms with Crippen LogP contribution in [0.4, 0.5) is 11.4 Å². The van der Waals surface area contributed by atoms with E-state index in [2.05, 4.69) is 81.4 Å². The number of carbonyl (C=O) groups excluding carboxylic acids is 6. The van der Waals surface area contributed by atoms with Gasteiger partial charge in [-0.25, -0.2) is 4.79 Å². The fourth-order valence-electron chi connectivity index (χ4n) is 9.22. The van der Waals surface area contributed by atoms with Gasteiger partial charge in [0.05, 0.1) is 22.4 Å². The van der Waals surface area contributed by atoms with Crippen LogP contribution in [0.15, 0.2) is 83.2 Å². The number of likely N-dealkylation sites (N-methyl/N-ethyl adjacent to an activating group) is 1. The lowest BCUT2D eigenvalue weighted by atomic mass is 9.76. The van der Waals surface area contributed by atoms with Crippen LogP contribution in [-0.4, -0.2) is 101 Å². The van der Waals surface area contributed by atoms with E-state index in [1.807, 2.05) is 55.4 Å². The Kier molecular flexibility index (Phi) is 12.9. The number of likely N-dealkylation sites (tertiary alicyclic amines) is 1. The molecule has 2 aromatic carbocycles. The highest BCUT2D eigenvalue weighted by Gasteiger charge is 2.49. The molecule has 2 fully saturated rings. The normalized spacial score (nSPS) is 21.8. The van der Waals surface area contributed by atoms with Gasteiger partial charge in [0.15, 0.2) is 11.5 Å². The second-order valence-corrected chi connectivity index (χ2v) is 17.8. The summed E-state index contributed by atoms with van der Waals surface area (Å²) in [5, 5.41) is 20.2. The largest absolute Gasteiger partial charge is 0.691 e. The zero-order chi connectivity index (χ0) is 44.5. The quantitative estimate of drug-likeness (QED) is 0.0475. The number of amides is 4. The number of imide groups is 1. The van der Waals surface area contributed by atoms with E-state index in [0.29, 0.717) is 59.8 Å². The summed E-state index contributed by atoms with van der Waals surface area (Å²) in [5.41, 5.74) is 7.13. The third kappa shape index (κ3) is 8.33.